The summed E-state index contributed by atoms with van der Waals surface area (Å²) in [6.07, 6.45) is 0. The van der Waals surface area contributed by atoms with Crippen LogP contribution in [-0.4, -0.2) is 9.94 Å². The Kier molecular flexibility index (Phi) is 5.20. The molecule has 0 aliphatic heterocycles. The maximum Gasteiger partial charge on any atom is 0.283 e. The van der Waals surface area contributed by atoms with Crippen molar-refractivity contribution in [2.45, 2.75) is 20.1 Å². The number of benzene rings is 3. The fraction of sp³-hybridized carbons (Fsp3) is 0.125. The van der Waals surface area contributed by atoms with Crippen molar-refractivity contribution < 1.29 is 14.7 Å². The summed E-state index contributed by atoms with van der Waals surface area (Å²) in [6, 6.07) is 24.8. The molecule has 1 aromatic heterocycles. The van der Waals surface area contributed by atoms with Gasteiger partial charge >= 0.3 is 0 Å². The molecule has 0 spiro atoms. The Morgan fingerprint density at radius 1 is 0.828 bits per heavy atom. The Bertz CT molecular complexity index is 1210. The summed E-state index contributed by atoms with van der Waals surface area (Å²) in [6.45, 7) is 2.31. The van der Waals surface area contributed by atoms with Crippen LogP contribution in [0.2, 0.25) is 0 Å². The van der Waals surface area contributed by atoms with Crippen LogP contribution in [0.5, 0.6) is 11.5 Å². The first-order valence-corrected chi connectivity index (χ1v) is 9.34. The van der Waals surface area contributed by atoms with E-state index >= 15 is 0 Å². The van der Waals surface area contributed by atoms with Gasteiger partial charge in [-0.15, -0.1) is 4.73 Å². The number of hydrogen-bond acceptors (Lipinski definition) is 4. The Morgan fingerprint density at radius 3 is 2.34 bits per heavy atom. The first kappa shape index (κ1) is 18.6. The van der Waals surface area contributed by atoms with Crippen molar-refractivity contribution in [1.82, 2.24) is 4.73 Å². The fourth-order valence-electron chi connectivity index (χ4n) is 3.26. The van der Waals surface area contributed by atoms with Crippen molar-refractivity contribution in [1.29, 1.82) is 0 Å². The molecule has 0 amide bonds. The summed E-state index contributed by atoms with van der Waals surface area (Å²) in [4.78, 5) is 11.7. The topological polar surface area (TPSA) is 60.7 Å². The van der Waals surface area contributed by atoms with Crippen LogP contribution in [0.25, 0.3) is 10.8 Å². The highest BCUT2D eigenvalue weighted by atomic mass is 16.5. The molecule has 4 aromatic rings. The highest BCUT2D eigenvalue weighted by Gasteiger charge is 2.07. The standard InChI is InChI=1S/C24H21NO4/c1-17-12-20(25(27)24(26)13-17)16-29-22-10-5-9-21(14-22)28-15-19-8-4-7-18-6-2-3-11-23(18)19/h2-14,27H,15-16H2,1H3. The van der Waals surface area contributed by atoms with E-state index in [2.05, 4.69) is 24.3 Å². The van der Waals surface area contributed by atoms with Crippen LogP contribution in [0.4, 0.5) is 0 Å². The molecule has 5 nitrogen and oxygen atoms in total. The van der Waals surface area contributed by atoms with Crippen molar-refractivity contribution in [2.24, 2.45) is 0 Å². The van der Waals surface area contributed by atoms with Crippen molar-refractivity contribution >= 4 is 10.8 Å². The number of aryl methyl sites for hydroxylation is 1. The van der Waals surface area contributed by atoms with Crippen molar-refractivity contribution in [3.63, 3.8) is 0 Å². The van der Waals surface area contributed by atoms with E-state index in [9.17, 15) is 10.0 Å². The van der Waals surface area contributed by atoms with Crippen LogP contribution in [0.3, 0.4) is 0 Å². The predicted octanol–water partition coefficient (Wildman–Crippen LogP) is 4.71. The van der Waals surface area contributed by atoms with Gasteiger partial charge in [-0.25, -0.2) is 0 Å². The number of aromatic nitrogens is 1. The van der Waals surface area contributed by atoms with Crippen LogP contribution in [-0.2, 0) is 13.2 Å². The molecule has 0 saturated carbocycles. The van der Waals surface area contributed by atoms with E-state index in [4.69, 9.17) is 9.47 Å². The van der Waals surface area contributed by atoms with Gasteiger partial charge in [-0.05, 0) is 47.0 Å². The molecule has 0 atom stereocenters. The van der Waals surface area contributed by atoms with Crippen LogP contribution in [0, 0.1) is 6.92 Å². The molecule has 0 saturated heterocycles. The molecule has 1 N–H and O–H groups in total. The van der Waals surface area contributed by atoms with Gasteiger partial charge in [-0.2, -0.15) is 0 Å². The van der Waals surface area contributed by atoms with E-state index in [1.54, 1.807) is 25.1 Å². The van der Waals surface area contributed by atoms with Gasteiger partial charge in [0.25, 0.3) is 5.56 Å². The molecule has 146 valence electrons. The van der Waals surface area contributed by atoms with Crippen molar-refractivity contribution in [3.05, 3.63) is 106 Å². The Balaban J connectivity index is 1.46. The summed E-state index contributed by atoms with van der Waals surface area (Å²) in [5, 5.41) is 12.2. The molecule has 29 heavy (non-hydrogen) atoms. The second-order valence-corrected chi connectivity index (χ2v) is 6.86. The predicted molar refractivity (Wildman–Crippen MR) is 112 cm³/mol. The number of rotatable bonds is 6. The first-order valence-electron chi connectivity index (χ1n) is 9.34. The smallest absolute Gasteiger partial charge is 0.283 e. The highest BCUT2D eigenvalue weighted by molar-refractivity contribution is 5.85. The Morgan fingerprint density at radius 2 is 1.52 bits per heavy atom. The quantitative estimate of drug-likeness (QED) is 0.487. The number of ether oxygens (including phenoxy) is 2. The lowest BCUT2D eigenvalue weighted by molar-refractivity contribution is 0.147. The van der Waals surface area contributed by atoms with Gasteiger partial charge in [0.2, 0.25) is 0 Å². The minimum atomic E-state index is -0.476. The minimum Gasteiger partial charge on any atom is -0.489 e. The van der Waals surface area contributed by atoms with Gasteiger partial charge in [0.1, 0.15) is 24.7 Å². The molecular formula is C24H21NO4. The second-order valence-electron chi connectivity index (χ2n) is 6.86. The van der Waals surface area contributed by atoms with Gasteiger partial charge in [0, 0.05) is 12.1 Å². The third kappa shape index (κ3) is 4.24. The zero-order chi connectivity index (χ0) is 20.2. The summed E-state index contributed by atoms with van der Waals surface area (Å²) in [5.41, 5.74) is 1.79. The fourth-order valence-corrected chi connectivity index (χ4v) is 3.26. The van der Waals surface area contributed by atoms with Crippen LogP contribution in [0.15, 0.2) is 83.7 Å². The number of hydrogen-bond donors (Lipinski definition) is 1. The first-order chi connectivity index (χ1) is 14.1. The van der Waals surface area contributed by atoms with E-state index in [1.165, 1.54) is 16.8 Å². The zero-order valence-corrected chi connectivity index (χ0v) is 16.0. The van der Waals surface area contributed by atoms with E-state index < -0.39 is 5.56 Å². The Hall–Kier alpha value is -3.73. The number of nitrogens with zero attached hydrogens (tertiary/aromatic N) is 1. The summed E-state index contributed by atoms with van der Waals surface area (Å²) in [5.74, 6) is 1.27. The van der Waals surface area contributed by atoms with Gasteiger partial charge in [-0.3, -0.25) is 4.79 Å². The highest BCUT2D eigenvalue weighted by Crippen LogP contribution is 2.24. The lowest BCUT2D eigenvalue weighted by Crippen LogP contribution is -2.21. The molecule has 4 rings (SSSR count). The molecule has 0 unspecified atom stereocenters. The minimum absolute atomic E-state index is 0.0696. The monoisotopic (exact) mass is 387 g/mol. The van der Waals surface area contributed by atoms with Gasteiger partial charge in [0.15, 0.2) is 0 Å². The van der Waals surface area contributed by atoms with Crippen LogP contribution in [0.1, 0.15) is 16.8 Å². The maximum absolute atomic E-state index is 11.7. The van der Waals surface area contributed by atoms with Crippen molar-refractivity contribution in [3.8, 4) is 11.5 Å². The molecule has 3 aromatic carbocycles. The Labute approximate surface area is 168 Å². The number of fused-ring (bicyclic) bond motifs is 1. The molecule has 5 heteroatoms. The largest absolute Gasteiger partial charge is 0.489 e. The summed E-state index contributed by atoms with van der Waals surface area (Å²) < 4.78 is 12.3. The second kappa shape index (κ2) is 8.10. The van der Waals surface area contributed by atoms with Crippen molar-refractivity contribution in [2.75, 3.05) is 0 Å². The lowest BCUT2D eigenvalue weighted by Gasteiger charge is -2.12. The molecular weight excluding hydrogens is 366 g/mol. The van der Waals surface area contributed by atoms with E-state index in [1.807, 2.05) is 30.3 Å². The summed E-state index contributed by atoms with van der Waals surface area (Å²) in [7, 11) is 0. The van der Waals surface area contributed by atoms with Gasteiger partial charge in [0.05, 0.1) is 5.69 Å². The van der Waals surface area contributed by atoms with E-state index in [0.717, 1.165) is 11.1 Å². The molecule has 1 heterocycles. The molecule has 0 radical (unpaired) electrons. The third-order valence-corrected chi connectivity index (χ3v) is 4.69. The maximum atomic E-state index is 11.7. The SMILES string of the molecule is Cc1cc(COc2cccc(OCc3cccc4ccccc34)c2)n(O)c(=O)c1. The third-order valence-electron chi connectivity index (χ3n) is 4.69. The summed E-state index contributed by atoms with van der Waals surface area (Å²) >= 11 is 0. The van der Waals surface area contributed by atoms with Gasteiger partial charge < -0.3 is 14.7 Å². The van der Waals surface area contributed by atoms with Gasteiger partial charge in [-0.1, -0.05) is 48.5 Å². The van der Waals surface area contributed by atoms with Crippen LogP contribution >= 0.6 is 0 Å². The average molecular weight is 387 g/mol. The molecule has 0 aliphatic carbocycles. The molecule has 0 aliphatic rings. The zero-order valence-electron chi connectivity index (χ0n) is 16.0. The molecule has 0 bridgehead atoms. The van der Waals surface area contributed by atoms with Crippen LogP contribution < -0.4 is 15.0 Å². The number of pyridine rings is 1. The normalized spacial score (nSPS) is 10.8. The average Bonchev–Trinajstić information content (AvgIpc) is 2.74. The van der Waals surface area contributed by atoms with E-state index in [0.29, 0.717) is 28.5 Å². The lowest BCUT2D eigenvalue weighted by atomic mass is 10.1. The molecule has 0 fully saturated rings. The van der Waals surface area contributed by atoms with E-state index in [-0.39, 0.29) is 6.61 Å².